The molecular formula is C22H25ClF3N5O2. The van der Waals surface area contributed by atoms with Gasteiger partial charge in [-0.25, -0.2) is 9.97 Å². The molecular weight excluding hydrogens is 459 g/mol. The predicted molar refractivity (Wildman–Crippen MR) is 118 cm³/mol. The molecule has 2 aliphatic rings. The largest absolute Gasteiger partial charge is 0.416 e. The first kappa shape index (κ1) is 23.6. The molecule has 1 amide bonds. The van der Waals surface area contributed by atoms with Crippen LogP contribution in [-0.4, -0.2) is 47.1 Å². The number of aryl methyl sites for hydroxylation is 1. The molecule has 2 heterocycles. The van der Waals surface area contributed by atoms with Gasteiger partial charge in [0, 0.05) is 30.3 Å². The Hall–Kier alpha value is -2.59. The van der Waals surface area contributed by atoms with Gasteiger partial charge in [0.25, 0.3) is 0 Å². The van der Waals surface area contributed by atoms with E-state index in [9.17, 15) is 18.0 Å². The predicted octanol–water partition coefficient (Wildman–Crippen LogP) is 3.87. The number of carbonyl (C=O) groups is 1. The average Bonchev–Trinajstić information content (AvgIpc) is 2.78. The van der Waals surface area contributed by atoms with Gasteiger partial charge >= 0.3 is 6.18 Å². The summed E-state index contributed by atoms with van der Waals surface area (Å²) in [7, 11) is 0. The molecule has 178 valence electrons. The summed E-state index contributed by atoms with van der Waals surface area (Å²) in [6, 6.07) is 2.92. The normalized spacial score (nSPS) is 19.7. The zero-order chi connectivity index (χ0) is 23.8. The summed E-state index contributed by atoms with van der Waals surface area (Å²) in [5, 5.41) is 3.21. The average molecular weight is 484 g/mol. The molecule has 3 N–H and O–H groups in total. The lowest BCUT2D eigenvalue weighted by Crippen LogP contribution is -2.45. The van der Waals surface area contributed by atoms with Crippen LogP contribution in [0.4, 0.5) is 24.7 Å². The Morgan fingerprint density at radius 2 is 2.00 bits per heavy atom. The fourth-order valence-corrected chi connectivity index (χ4v) is 4.52. The number of nitrogen functional groups attached to an aromatic ring is 1. The number of morpholine rings is 1. The zero-order valence-electron chi connectivity index (χ0n) is 18.1. The first-order valence-corrected chi connectivity index (χ1v) is 11.2. The highest BCUT2D eigenvalue weighted by Crippen LogP contribution is 2.35. The van der Waals surface area contributed by atoms with Crippen LogP contribution in [0.15, 0.2) is 18.2 Å². The molecule has 1 aromatic carbocycles. The summed E-state index contributed by atoms with van der Waals surface area (Å²) in [4.78, 5) is 23.5. The van der Waals surface area contributed by atoms with Gasteiger partial charge in [0.15, 0.2) is 0 Å². The van der Waals surface area contributed by atoms with Crippen molar-refractivity contribution in [2.75, 3.05) is 37.4 Å². The first-order chi connectivity index (χ1) is 15.6. The van der Waals surface area contributed by atoms with E-state index in [1.165, 1.54) is 6.07 Å². The van der Waals surface area contributed by atoms with Crippen LogP contribution in [0.2, 0.25) is 5.28 Å². The summed E-state index contributed by atoms with van der Waals surface area (Å²) < 4.78 is 45.0. The molecule has 1 aromatic heterocycles. The first-order valence-electron chi connectivity index (χ1n) is 10.8. The third kappa shape index (κ3) is 5.33. The number of fused-ring (bicyclic) bond motifs is 1. The number of nitrogens with one attached hydrogen (secondary N) is 1. The fraction of sp³-hybridized carbons (Fsp3) is 0.500. The summed E-state index contributed by atoms with van der Waals surface area (Å²) in [5.74, 6) is 0.275. The molecule has 2 atom stereocenters. The fourth-order valence-electron chi connectivity index (χ4n) is 4.33. The van der Waals surface area contributed by atoms with Gasteiger partial charge in [-0.15, -0.1) is 0 Å². The second kappa shape index (κ2) is 9.34. The number of alkyl halides is 3. The van der Waals surface area contributed by atoms with Crippen LogP contribution in [0, 0.1) is 5.92 Å². The minimum atomic E-state index is -4.51. The SMILES string of the molecule is CC(Nc1nc(Cl)nc2c1CC(C(=O)N1CCOCC1)CC2)c1cc(N)cc(C(F)(F)F)c1. The topological polar surface area (TPSA) is 93.4 Å². The Bertz CT molecular complexity index is 1040. The summed E-state index contributed by atoms with van der Waals surface area (Å²) in [5.41, 5.74) is 6.81. The number of aromatic nitrogens is 2. The number of hydrogen-bond donors (Lipinski definition) is 2. The van der Waals surface area contributed by atoms with Gasteiger partial charge in [-0.3, -0.25) is 4.79 Å². The monoisotopic (exact) mass is 483 g/mol. The summed E-state index contributed by atoms with van der Waals surface area (Å²) in [6.45, 7) is 3.91. The number of anilines is 2. The summed E-state index contributed by atoms with van der Waals surface area (Å²) >= 11 is 6.12. The van der Waals surface area contributed by atoms with Crippen LogP contribution in [0.25, 0.3) is 0 Å². The van der Waals surface area contributed by atoms with E-state index < -0.39 is 17.8 Å². The highest BCUT2D eigenvalue weighted by Gasteiger charge is 2.33. The molecule has 1 aliphatic carbocycles. The lowest BCUT2D eigenvalue weighted by atomic mass is 9.85. The van der Waals surface area contributed by atoms with Crippen LogP contribution in [0.3, 0.4) is 0 Å². The minimum Gasteiger partial charge on any atom is -0.399 e. The number of nitrogens with zero attached hydrogens (tertiary/aromatic N) is 3. The highest BCUT2D eigenvalue weighted by atomic mass is 35.5. The van der Waals surface area contributed by atoms with Crippen molar-refractivity contribution in [3.05, 3.63) is 45.9 Å². The van der Waals surface area contributed by atoms with E-state index in [-0.39, 0.29) is 22.8 Å². The molecule has 7 nitrogen and oxygen atoms in total. The molecule has 1 aliphatic heterocycles. The quantitative estimate of drug-likeness (QED) is 0.506. The Labute approximate surface area is 194 Å². The third-order valence-electron chi connectivity index (χ3n) is 6.08. The van der Waals surface area contributed by atoms with Gasteiger partial charge in [-0.2, -0.15) is 13.2 Å². The standard InChI is InChI=1S/C22H25ClF3N5O2/c1-12(14-8-15(22(24,25)26)11-16(27)9-14)28-19-17-10-13(2-3-18(17)29-21(23)30-19)20(32)31-4-6-33-7-5-31/h8-9,11-13H,2-7,10,27H2,1H3,(H,28,29,30). The second-order valence-electron chi connectivity index (χ2n) is 8.40. The van der Waals surface area contributed by atoms with E-state index in [1.807, 2.05) is 4.90 Å². The number of amides is 1. The van der Waals surface area contributed by atoms with Crippen molar-refractivity contribution in [2.24, 2.45) is 5.92 Å². The number of benzene rings is 1. The van der Waals surface area contributed by atoms with E-state index in [4.69, 9.17) is 22.1 Å². The Balaban J connectivity index is 1.58. The van der Waals surface area contributed by atoms with Crippen LogP contribution >= 0.6 is 11.6 Å². The lowest BCUT2D eigenvalue weighted by molar-refractivity contribution is -0.140. The maximum absolute atomic E-state index is 13.2. The maximum atomic E-state index is 13.2. The molecule has 0 spiro atoms. The van der Waals surface area contributed by atoms with Crippen LogP contribution in [-0.2, 0) is 28.5 Å². The molecule has 33 heavy (non-hydrogen) atoms. The number of ether oxygens (including phenoxy) is 1. The van der Waals surface area contributed by atoms with Gasteiger partial charge in [0.1, 0.15) is 5.82 Å². The van der Waals surface area contributed by atoms with E-state index in [0.29, 0.717) is 56.9 Å². The smallest absolute Gasteiger partial charge is 0.399 e. The van der Waals surface area contributed by atoms with E-state index >= 15 is 0 Å². The highest BCUT2D eigenvalue weighted by molar-refractivity contribution is 6.28. The molecule has 1 fully saturated rings. The Morgan fingerprint density at radius 1 is 1.27 bits per heavy atom. The number of nitrogens with two attached hydrogens (primary N) is 1. The van der Waals surface area contributed by atoms with E-state index in [2.05, 4.69) is 15.3 Å². The van der Waals surface area contributed by atoms with Crippen molar-refractivity contribution in [3.8, 4) is 0 Å². The van der Waals surface area contributed by atoms with Gasteiger partial charge in [0.05, 0.1) is 30.5 Å². The van der Waals surface area contributed by atoms with Gasteiger partial charge in [0.2, 0.25) is 11.2 Å². The molecule has 11 heteroatoms. The Kier molecular flexibility index (Phi) is 6.67. The van der Waals surface area contributed by atoms with E-state index in [1.54, 1.807) is 6.92 Å². The second-order valence-corrected chi connectivity index (χ2v) is 8.73. The van der Waals surface area contributed by atoms with E-state index in [0.717, 1.165) is 23.4 Å². The third-order valence-corrected chi connectivity index (χ3v) is 6.24. The number of halogens is 4. The maximum Gasteiger partial charge on any atom is 0.416 e. The van der Waals surface area contributed by atoms with Gasteiger partial charge in [-0.1, -0.05) is 0 Å². The minimum absolute atomic E-state index is 0.0207. The molecule has 0 bridgehead atoms. The molecule has 4 rings (SSSR count). The summed E-state index contributed by atoms with van der Waals surface area (Å²) in [6.07, 6.45) is -2.86. The molecule has 0 radical (unpaired) electrons. The van der Waals surface area contributed by atoms with Crippen molar-refractivity contribution in [1.29, 1.82) is 0 Å². The molecule has 2 unspecified atom stereocenters. The molecule has 1 saturated heterocycles. The Morgan fingerprint density at radius 3 is 2.70 bits per heavy atom. The van der Waals surface area contributed by atoms with Crippen LogP contribution < -0.4 is 11.1 Å². The molecule has 0 saturated carbocycles. The van der Waals surface area contributed by atoms with Gasteiger partial charge < -0.3 is 20.7 Å². The zero-order valence-corrected chi connectivity index (χ0v) is 18.8. The van der Waals surface area contributed by atoms with Crippen molar-refractivity contribution < 1.29 is 22.7 Å². The molecule has 2 aromatic rings. The van der Waals surface area contributed by atoms with Crippen molar-refractivity contribution in [3.63, 3.8) is 0 Å². The number of hydrogen-bond acceptors (Lipinski definition) is 6. The van der Waals surface area contributed by atoms with Gasteiger partial charge in [-0.05, 0) is 61.5 Å². The van der Waals surface area contributed by atoms with Crippen molar-refractivity contribution in [2.45, 2.75) is 38.4 Å². The van der Waals surface area contributed by atoms with Crippen LogP contribution in [0.5, 0.6) is 0 Å². The van der Waals surface area contributed by atoms with Crippen LogP contribution in [0.1, 0.15) is 41.8 Å². The van der Waals surface area contributed by atoms with Crippen molar-refractivity contribution >= 4 is 29.0 Å². The lowest BCUT2D eigenvalue weighted by Gasteiger charge is -2.33. The number of rotatable bonds is 4. The van der Waals surface area contributed by atoms with Crippen molar-refractivity contribution in [1.82, 2.24) is 14.9 Å². The number of carbonyl (C=O) groups excluding carboxylic acids is 1.